The van der Waals surface area contributed by atoms with Crippen molar-refractivity contribution < 1.29 is 0 Å². The molecule has 0 aromatic rings. The van der Waals surface area contributed by atoms with Crippen LogP contribution in [0.4, 0.5) is 0 Å². The highest BCUT2D eigenvalue weighted by atomic mass is 15.2. The highest BCUT2D eigenvalue weighted by Crippen LogP contribution is 2.34. The van der Waals surface area contributed by atoms with Gasteiger partial charge in [0.05, 0.1) is 0 Å². The van der Waals surface area contributed by atoms with Crippen molar-refractivity contribution in [2.24, 2.45) is 5.73 Å². The van der Waals surface area contributed by atoms with Gasteiger partial charge in [0, 0.05) is 12.1 Å². The molecule has 0 heterocycles. The number of nitrogens with two attached hydrogens (primary N) is 1. The summed E-state index contributed by atoms with van der Waals surface area (Å²) < 4.78 is 0. The van der Waals surface area contributed by atoms with Crippen LogP contribution in [0.3, 0.4) is 0 Å². The topological polar surface area (TPSA) is 29.3 Å². The lowest BCUT2D eigenvalue weighted by Gasteiger charge is -2.41. The largest absolute Gasteiger partial charge is 0.329 e. The molecule has 0 radical (unpaired) electrons. The molecule has 0 atom stereocenters. The average Bonchev–Trinajstić information content (AvgIpc) is 2.79. The van der Waals surface area contributed by atoms with Gasteiger partial charge in [-0.2, -0.15) is 0 Å². The van der Waals surface area contributed by atoms with Crippen LogP contribution in [0.15, 0.2) is 0 Å². The normalized spacial score (nSPS) is 19.5. The van der Waals surface area contributed by atoms with Crippen LogP contribution in [0, 0.1) is 0 Å². The van der Waals surface area contributed by atoms with Gasteiger partial charge in [0.15, 0.2) is 0 Å². The van der Waals surface area contributed by atoms with E-state index < -0.39 is 0 Å². The molecule has 0 aromatic heterocycles. The van der Waals surface area contributed by atoms with Crippen LogP contribution in [-0.4, -0.2) is 30.1 Å². The third-order valence-corrected chi connectivity index (χ3v) is 4.15. The Hall–Kier alpha value is -0.0800. The number of nitrogens with zero attached hydrogens (tertiary/aromatic N) is 1. The summed E-state index contributed by atoms with van der Waals surface area (Å²) in [7, 11) is 0. The minimum absolute atomic E-state index is 0.365. The van der Waals surface area contributed by atoms with E-state index >= 15 is 0 Å². The molecule has 2 heteroatoms. The Labute approximate surface area is 102 Å². The SMILES string of the molecule is CCCCN(CCCC)C1(CN)CCCC1. The summed E-state index contributed by atoms with van der Waals surface area (Å²) in [6.07, 6.45) is 10.7. The van der Waals surface area contributed by atoms with Gasteiger partial charge >= 0.3 is 0 Å². The molecule has 0 spiro atoms. The Morgan fingerprint density at radius 1 is 1.00 bits per heavy atom. The Balaban J connectivity index is 2.56. The first kappa shape index (κ1) is 14.0. The number of hydrogen-bond donors (Lipinski definition) is 1. The molecular weight excluding hydrogens is 196 g/mol. The van der Waals surface area contributed by atoms with Crippen molar-refractivity contribution in [3.05, 3.63) is 0 Å². The van der Waals surface area contributed by atoms with Gasteiger partial charge in [-0.25, -0.2) is 0 Å². The fourth-order valence-electron chi connectivity index (χ4n) is 2.97. The Bertz CT molecular complexity index is 166. The third-order valence-electron chi connectivity index (χ3n) is 4.15. The molecule has 16 heavy (non-hydrogen) atoms. The summed E-state index contributed by atoms with van der Waals surface area (Å²) >= 11 is 0. The Kier molecular flexibility index (Phi) is 6.37. The molecule has 1 fully saturated rings. The second-order valence-corrected chi connectivity index (χ2v) is 5.33. The Morgan fingerprint density at radius 2 is 1.50 bits per heavy atom. The summed E-state index contributed by atoms with van der Waals surface area (Å²) in [5.74, 6) is 0. The maximum absolute atomic E-state index is 6.07. The van der Waals surface area contributed by atoms with Crippen molar-refractivity contribution in [2.45, 2.75) is 70.8 Å². The molecule has 0 saturated heterocycles. The van der Waals surface area contributed by atoms with Gasteiger partial charge in [-0.15, -0.1) is 0 Å². The molecule has 0 bridgehead atoms. The summed E-state index contributed by atoms with van der Waals surface area (Å²) in [4.78, 5) is 2.72. The van der Waals surface area contributed by atoms with Crippen molar-refractivity contribution in [1.29, 1.82) is 0 Å². The molecule has 2 nitrogen and oxygen atoms in total. The lowest BCUT2D eigenvalue weighted by atomic mass is 9.94. The van der Waals surface area contributed by atoms with Crippen molar-refractivity contribution >= 4 is 0 Å². The first-order valence-corrected chi connectivity index (χ1v) is 7.24. The summed E-state index contributed by atoms with van der Waals surface area (Å²) in [5.41, 5.74) is 6.44. The van der Waals surface area contributed by atoms with Crippen LogP contribution in [0.25, 0.3) is 0 Å². The van der Waals surface area contributed by atoms with Gasteiger partial charge in [0.25, 0.3) is 0 Å². The molecule has 0 aliphatic heterocycles. The zero-order valence-corrected chi connectivity index (χ0v) is 11.3. The summed E-state index contributed by atoms with van der Waals surface area (Å²) in [6.45, 7) is 7.94. The van der Waals surface area contributed by atoms with Crippen LogP contribution in [0.2, 0.25) is 0 Å². The van der Waals surface area contributed by atoms with E-state index in [1.165, 1.54) is 64.5 Å². The van der Waals surface area contributed by atoms with E-state index in [4.69, 9.17) is 5.73 Å². The Morgan fingerprint density at radius 3 is 1.88 bits per heavy atom. The summed E-state index contributed by atoms with van der Waals surface area (Å²) in [5, 5.41) is 0. The molecule has 1 saturated carbocycles. The van der Waals surface area contributed by atoms with E-state index in [9.17, 15) is 0 Å². The quantitative estimate of drug-likeness (QED) is 0.689. The smallest absolute Gasteiger partial charge is 0.0331 e. The van der Waals surface area contributed by atoms with Crippen molar-refractivity contribution in [1.82, 2.24) is 4.90 Å². The molecule has 0 aromatic carbocycles. The predicted octanol–water partition coefficient (Wildman–Crippen LogP) is 3.16. The van der Waals surface area contributed by atoms with E-state index in [1.807, 2.05) is 0 Å². The van der Waals surface area contributed by atoms with Crippen molar-refractivity contribution in [2.75, 3.05) is 19.6 Å². The first-order valence-electron chi connectivity index (χ1n) is 7.24. The van der Waals surface area contributed by atoms with Gasteiger partial charge in [-0.3, -0.25) is 4.90 Å². The number of unbranched alkanes of at least 4 members (excludes halogenated alkanes) is 2. The lowest BCUT2D eigenvalue weighted by molar-refractivity contribution is 0.0951. The van der Waals surface area contributed by atoms with E-state index in [2.05, 4.69) is 18.7 Å². The second kappa shape index (κ2) is 7.29. The molecule has 1 rings (SSSR count). The van der Waals surface area contributed by atoms with Gasteiger partial charge in [0.2, 0.25) is 0 Å². The highest BCUT2D eigenvalue weighted by Gasteiger charge is 2.37. The zero-order chi connectivity index (χ0) is 11.9. The minimum atomic E-state index is 0.365. The van der Waals surface area contributed by atoms with Gasteiger partial charge in [0.1, 0.15) is 0 Å². The van der Waals surface area contributed by atoms with E-state index in [0.717, 1.165) is 6.54 Å². The van der Waals surface area contributed by atoms with Crippen LogP contribution >= 0.6 is 0 Å². The van der Waals surface area contributed by atoms with Gasteiger partial charge < -0.3 is 5.73 Å². The molecule has 0 unspecified atom stereocenters. The van der Waals surface area contributed by atoms with Crippen molar-refractivity contribution in [3.63, 3.8) is 0 Å². The van der Waals surface area contributed by atoms with Gasteiger partial charge in [-0.1, -0.05) is 39.5 Å². The summed E-state index contributed by atoms with van der Waals surface area (Å²) in [6, 6.07) is 0. The average molecular weight is 226 g/mol. The maximum atomic E-state index is 6.07. The van der Waals surface area contributed by atoms with Crippen LogP contribution < -0.4 is 5.73 Å². The fourth-order valence-corrected chi connectivity index (χ4v) is 2.97. The molecule has 0 amide bonds. The fraction of sp³-hybridized carbons (Fsp3) is 1.00. The lowest BCUT2D eigenvalue weighted by Crippen LogP contribution is -2.52. The third kappa shape index (κ3) is 3.46. The van der Waals surface area contributed by atoms with E-state index in [1.54, 1.807) is 0 Å². The van der Waals surface area contributed by atoms with Crippen LogP contribution in [-0.2, 0) is 0 Å². The van der Waals surface area contributed by atoms with Crippen LogP contribution in [0.5, 0.6) is 0 Å². The first-order chi connectivity index (χ1) is 7.79. The molecule has 1 aliphatic rings. The molecular formula is C14H30N2. The number of rotatable bonds is 8. The minimum Gasteiger partial charge on any atom is -0.329 e. The van der Waals surface area contributed by atoms with Crippen molar-refractivity contribution in [3.8, 4) is 0 Å². The van der Waals surface area contributed by atoms with E-state index in [0.29, 0.717) is 5.54 Å². The van der Waals surface area contributed by atoms with Crippen LogP contribution in [0.1, 0.15) is 65.2 Å². The molecule has 2 N–H and O–H groups in total. The van der Waals surface area contributed by atoms with E-state index in [-0.39, 0.29) is 0 Å². The zero-order valence-electron chi connectivity index (χ0n) is 11.3. The maximum Gasteiger partial charge on any atom is 0.0331 e. The monoisotopic (exact) mass is 226 g/mol. The standard InChI is InChI=1S/C14H30N2/c1-3-5-11-16(12-6-4-2)14(13-15)9-7-8-10-14/h3-13,15H2,1-2H3. The number of hydrogen-bond acceptors (Lipinski definition) is 2. The molecule has 1 aliphatic carbocycles. The molecule has 96 valence electrons. The highest BCUT2D eigenvalue weighted by molar-refractivity contribution is 4.95. The van der Waals surface area contributed by atoms with Gasteiger partial charge in [-0.05, 0) is 38.8 Å². The second-order valence-electron chi connectivity index (χ2n) is 5.33. The predicted molar refractivity (Wildman–Crippen MR) is 71.6 cm³/mol.